The van der Waals surface area contributed by atoms with Crippen LogP contribution in [-0.2, 0) is 27.7 Å². The molecule has 0 saturated carbocycles. The summed E-state index contributed by atoms with van der Waals surface area (Å²) in [7, 11) is 3.30. The highest BCUT2D eigenvalue weighted by atomic mass is 79.9. The third-order valence-corrected chi connectivity index (χ3v) is 4.43. The molecule has 2 rings (SSSR count). The Bertz CT molecular complexity index is 428. The van der Waals surface area contributed by atoms with Crippen molar-refractivity contribution in [3.63, 3.8) is 0 Å². The van der Waals surface area contributed by atoms with Crippen molar-refractivity contribution in [2.75, 3.05) is 27.4 Å². The zero-order valence-electron chi connectivity index (χ0n) is 12.1. The first-order chi connectivity index (χ1) is 9.74. The van der Waals surface area contributed by atoms with Gasteiger partial charge in [0.05, 0.1) is 13.7 Å². The van der Waals surface area contributed by atoms with E-state index in [1.807, 2.05) is 0 Å². The van der Waals surface area contributed by atoms with Crippen molar-refractivity contribution in [1.82, 2.24) is 4.90 Å². The molecule has 0 amide bonds. The molecule has 1 aromatic carbocycles. The molecule has 1 aliphatic heterocycles. The zero-order chi connectivity index (χ0) is 14.4. The molecule has 0 radical (unpaired) electrons. The monoisotopic (exact) mass is 343 g/mol. The van der Waals surface area contributed by atoms with E-state index in [2.05, 4.69) is 43.9 Å². The molecule has 4 nitrogen and oxygen atoms in total. The van der Waals surface area contributed by atoms with Gasteiger partial charge in [0.15, 0.2) is 0 Å². The molecule has 1 atom stereocenters. The van der Waals surface area contributed by atoms with E-state index in [1.54, 1.807) is 7.11 Å². The highest BCUT2D eigenvalue weighted by molar-refractivity contribution is 9.10. The molecular formula is C15H22BrNO3. The lowest BCUT2D eigenvalue weighted by Gasteiger charge is -2.24. The third kappa shape index (κ3) is 4.27. The van der Waals surface area contributed by atoms with Gasteiger partial charge in [-0.2, -0.15) is 0 Å². The lowest BCUT2D eigenvalue weighted by Crippen LogP contribution is -2.32. The Balaban J connectivity index is 1.98. The number of halogens is 1. The third-order valence-electron chi connectivity index (χ3n) is 3.69. The molecule has 1 heterocycles. The smallest absolute Gasteiger partial charge is 0.107 e. The van der Waals surface area contributed by atoms with E-state index < -0.39 is 0 Å². The molecule has 0 spiro atoms. The second-order valence-corrected chi connectivity index (χ2v) is 5.93. The highest BCUT2D eigenvalue weighted by Crippen LogP contribution is 2.25. The van der Waals surface area contributed by atoms with Crippen molar-refractivity contribution in [1.29, 1.82) is 0 Å². The maximum absolute atomic E-state index is 5.30. The number of hydrogen-bond donors (Lipinski definition) is 0. The van der Waals surface area contributed by atoms with Crippen LogP contribution in [0, 0.1) is 0 Å². The SMILES string of the molecule is COCC1CCCN1Cc1ccc(COOC)cc1Br. The van der Waals surface area contributed by atoms with Crippen molar-refractivity contribution >= 4 is 15.9 Å². The van der Waals surface area contributed by atoms with Crippen molar-refractivity contribution in [3.05, 3.63) is 33.8 Å². The molecule has 112 valence electrons. The summed E-state index contributed by atoms with van der Waals surface area (Å²) in [5, 5.41) is 0. The molecule has 0 aromatic heterocycles. The second kappa shape index (κ2) is 8.10. The zero-order valence-corrected chi connectivity index (χ0v) is 13.7. The fourth-order valence-corrected chi connectivity index (χ4v) is 3.19. The molecule has 0 aliphatic carbocycles. The minimum atomic E-state index is 0.464. The standard InChI is InChI=1S/C15H22BrNO3/c1-18-11-14-4-3-7-17(14)9-13-6-5-12(8-15(13)16)10-20-19-2/h5-6,8,14H,3-4,7,9-11H2,1-2H3. The van der Waals surface area contributed by atoms with Crippen LogP contribution in [0.1, 0.15) is 24.0 Å². The van der Waals surface area contributed by atoms with E-state index in [4.69, 9.17) is 9.62 Å². The van der Waals surface area contributed by atoms with Crippen LogP contribution in [0.2, 0.25) is 0 Å². The van der Waals surface area contributed by atoms with Gasteiger partial charge in [-0.15, -0.1) is 0 Å². The summed E-state index contributed by atoms with van der Waals surface area (Å²) in [5.74, 6) is 0. The van der Waals surface area contributed by atoms with Gasteiger partial charge in [-0.25, -0.2) is 9.78 Å². The van der Waals surface area contributed by atoms with Gasteiger partial charge in [-0.05, 0) is 36.6 Å². The topological polar surface area (TPSA) is 30.9 Å². The number of benzene rings is 1. The Morgan fingerprint density at radius 3 is 2.90 bits per heavy atom. The quantitative estimate of drug-likeness (QED) is 0.562. The first kappa shape index (κ1) is 15.9. The van der Waals surface area contributed by atoms with Crippen LogP contribution in [0.4, 0.5) is 0 Å². The minimum absolute atomic E-state index is 0.464. The molecule has 1 aromatic rings. The first-order valence-electron chi connectivity index (χ1n) is 6.90. The largest absolute Gasteiger partial charge is 0.383 e. The van der Waals surface area contributed by atoms with Crippen LogP contribution >= 0.6 is 15.9 Å². The Labute approximate surface area is 129 Å². The van der Waals surface area contributed by atoms with Gasteiger partial charge < -0.3 is 4.74 Å². The van der Waals surface area contributed by atoms with E-state index in [1.165, 1.54) is 25.5 Å². The van der Waals surface area contributed by atoms with Gasteiger partial charge in [0, 0.05) is 24.2 Å². The van der Waals surface area contributed by atoms with E-state index in [0.29, 0.717) is 12.6 Å². The normalized spacial score (nSPS) is 19.6. The molecule has 1 fully saturated rings. The fourth-order valence-electron chi connectivity index (χ4n) is 2.64. The van der Waals surface area contributed by atoms with Crippen molar-refractivity contribution in [3.8, 4) is 0 Å². The lowest BCUT2D eigenvalue weighted by molar-refractivity contribution is -0.282. The first-order valence-corrected chi connectivity index (χ1v) is 7.69. The number of ether oxygens (including phenoxy) is 1. The molecule has 20 heavy (non-hydrogen) atoms. The van der Waals surface area contributed by atoms with Gasteiger partial charge in [0.1, 0.15) is 6.61 Å². The van der Waals surface area contributed by atoms with Crippen molar-refractivity contribution in [2.24, 2.45) is 0 Å². The van der Waals surface area contributed by atoms with Gasteiger partial charge in [-0.3, -0.25) is 4.90 Å². The van der Waals surface area contributed by atoms with E-state index >= 15 is 0 Å². The van der Waals surface area contributed by atoms with Crippen LogP contribution < -0.4 is 0 Å². The fraction of sp³-hybridized carbons (Fsp3) is 0.600. The summed E-state index contributed by atoms with van der Waals surface area (Å²) in [6.45, 7) is 3.39. The summed E-state index contributed by atoms with van der Waals surface area (Å²) < 4.78 is 6.43. The molecule has 1 unspecified atom stereocenters. The summed E-state index contributed by atoms with van der Waals surface area (Å²) in [5.41, 5.74) is 2.39. The summed E-state index contributed by atoms with van der Waals surface area (Å²) >= 11 is 3.65. The van der Waals surface area contributed by atoms with Crippen LogP contribution in [0.25, 0.3) is 0 Å². The van der Waals surface area contributed by atoms with E-state index in [-0.39, 0.29) is 0 Å². The number of likely N-dealkylation sites (tertiary alicyclic amines) is 1. The molecule has 0 N–H and O–H groups in total. The van der Waals surface area contributed by atoms with Crippen LogP contribution in [-0.4, -0.2) is 38.3 Å². The maximum Gasteiger partial charge on any atom is 0.107 e. The van der Waals surface area contributed by atoms with Crippen LogP contribution in [0.15, 0.2) is 22.7 Å². The van der Waals surface area contributed by atoms with Gasteiger partial charge in [-0.1, -0.05) is 28.1 Å². The Morgan fingerprint density at radius 1 is 1.35 bits per heavy atom. The predicted molar refractivity (Wildman–Crippen MR) is 81.2 cm³/mol. The minimum Gasteiger partial charge on any atom is -0.383 e. The Kier molecular flexibility index (Phi) is 6.45. The Morgan fingerprint density at radius 2 is 2.20 bits per heavy atom. The van der Waals surface area contributed by atoms with Crippen LogP contribution in [0.5, 0.6) is 0 Å². The maximum atomic E-state index is 5.30. The molecule has 0 bridgehead atoms. The van der Waals surface area contributed by atoms with Crippen molar-refractivity contribution in [2.45, 2.75) is 32.0 Å². The molecule has 1 aliphatic rings. The van der Waals surface area contributed by atoms with Gasteiger partial charge >= 0.3 is 0 Å². The average molecular weight is 344 g/mol. The second-order valence-electron chi connectivity index (χ2n) is 5.08. The van der Waals surface area contributed by atoms with Crippen molar-refractivity contribution < 1.29 is 14.5 Å². The van der Waals surface area contributed by atoms with E-state index in [0.717, 1.165) is 29.7 Å². The number of hydrogen-bond acceptors (Lipinski definition) is 4. The van der Waals surface area contributed by atoms with Crippen LogP contribution in [0.3, 0.4) is 0 Å². The predicted octanol–water partition coefficient (Wildman–Crippen LogP) is 3.14. The van der Waals surface area contributed by atoms with E-state index in [9.17, 15) is 0 Å². The average Bonchev–Trinajstić information content (AvgIpc) is 2.87. The summed E-state index contributed by atoms with van der Waals surface area (Å²) in [4.78, 5) is 12.1. The Hall–Kier alpha value is -0.460. The lowest BCUT2D eigenvalue weighted by atomic mass is 10.1. The summed E-state index contributed by atoms with van der Waals surface area (Å²) in [6.07, 6.45) is 2.48. The number of rotatable bonds is 7. The number of nitrogens with zero attached hydrogens (tertiary/aromatic N) is 1. The summed E-state index contributed by atoms with van der Waals surface area (Å²) in [6, 6.07) is 6.88. The van der Waals surface area contributed by atoms with Gasteiger partial charge in [0.2, 0.25) is 0 Å². The molecule has 1 saturated heterocycles. The number of methoxy groups -OCH3 is 1. The highest BCUT2D eigenvalue weighted by Gasteiger charge is 2.24. The molecular weight excluding hydrogens is 322 g/mol. The molecule has 5 heteroatoms. The van der Waals surface area contributed by atoms with Gasteiger partial charge in [0.25, 0.3) is 0 Å².